The summed E-state index contributed by atoms with van der Waals surface area (Å²) in [5.41, 5.74) is 2.62. The lowest BCUT2D eigenvalue weighted by molar-refractivity contribution is 0.401. The van der Waals surface area contributed by atoms with Gasteiger partial charge in [-0.15, -0.1) is 0 Å². The number of hydrogen-bond donors (Lipinski definition) is 1. The molecule has 0 unspecified atom stereocenters. The molecule has 0 spiro atoms. The van der Waals surface area contributed by atoms with E-state index in [1.54, 1.807) is 18.2 Å². The summed E-state index contributed by atoms with van der Waals surface area (Å²) < 4.78 is 39.9. The Balaban J connectivity index is 2.36. The number of hydrogen-bond acceptors (Lipinski definition) is 6. The molecule has 2 N–H and O–H groups in total. The highest BCUT2D eigenvalue weighted by Crippen LogP contribution is 2.42. The molecule has 0 atom stereocenters. The van der Waals surface area contributed by atoms with Crippen LogP contribution >= 0.6 is 0 Å². The summed E-state index contributed by atoms with van der Waals surface area (Å²) in [6, 6.07) is 8.33. The predicted octanol–water partition coefficient (Wildman–Crippen LogP) is 2.72. The van der Waals surface area contributed by atoms with E-state index in [0.717, 1.165) is 11.1 Å². The number of rotatable bonds is 5. The van der Waals surface area contributed by atoms with Gasteiger partial charge in [-0.2, -0.15) is 0 Å². The molecule has 1 heterocycles. The van der Waals surface area contributed by atoms with Crippen LogP contribution in [-0.2, 0) is 16.4 Å². The summed E-state index contributed by atoms with van der Waals surface area (Å²) >= 11 is 0. The maximum Gasteiger partial charge on any atom is 0.241 e. The quantitative estimate of drug-likeness (QED) is 0.748. The fourth-order valence-corrected chi connectivity index (χ4v) is 3.53. The van der Waals surface area contributed by atoms with Gasteiger partial charge in [0, 0.05) is 22.6 Å². The molecule has 0 fully saturated rings. The van der Waals surface area contributed by atoms with Crippen LogP contribution in [0.2, 0.25) is 0 Å². The first-order valence-electron chi connectivity index (χ1n) is 7.57. The molecule has 1 aromatic heterocycles. The summed E-state index contributed by atoms with van der Waals surface area (Å²) in [6.07, 6.45) is 0.702. The number of para-hydroxylation sites is 1. The second-order valence-electron chi connectivity index (χ2n) is 5.41. The average molecular weight is 362 g/mol. The van der Waals surface area contributed by atoms with Crippen molar-refractivity contribution >= 4 is 21.0 Å². The van der Waals surface area contributed by atoms with Crippen molar-refractivity contribution in [3.8, 4) is 22.6 Å². The molecule has 3 rings (SSSR count). The molecule has 25 heavy (non-hydrogen) atoms. The maximum absolute atomic E-state index is 11.9. The monoisotopic (exact) mass is 362 g/mol. The third kappa shape index (κ3) is 2.94. The van der Waals surface area contributed by atoms with E-state index >= 15 is 0 Å². The zero-order chi connectivity index (χ0) is 18.2. The molecule has 0 saturated heterocycles. The van der Waals surface area contributed by atoms with Crippen molar-refractivity contribution in [2.45, 2.75) is 18.2 Å². The van der Waals surface area contributed by atoms with Gasteiger partial charge in [0.15, 0.2) is 5.58 Å². The Morgan fingerprint density at radius 3 is 2.52 bits per heavy atom. The van der Waals surface area contributed by atoms with E-state index in [1.165, 1.54) is 20.3 Å². The van der Waals surface area contributed by atoms with Crippen molar-refractivity contribution in [2.24, 2.45) is 5.14 Å². The van der Waals surface area contributed by atoms with Crippen molar-refractivity contribution < 1.29 is 22.4 Å². The maximum atomic E-state index is 11.9. The molecule has 8 heteroatoms. The Labute approximate surface area is 145 Å². The summed E-state index contributed by atoms with van der Waals surface area (Å²) in [6.45, 7) is 1.98. The van der Waals surface area contributed by atoms with Gasteiger partial charge in [0.2, 0.25) is 10.0 Å². The van der Waals surface area contributed by atoms with E-state index in [4.69, 9.17) is 19.1 Å². The highest BCUT2D eigenvalue weighted by molar-refractivity contribution is 7.89. The molecule has 132 valence electrons. The predicted molar refractivity (Wildman–Crippen MR) is 93.3 cm³/mol. The number of fused-ring (bicyclic) bond motifs is 1. The number of aryl methyl sites for hydroxylation is 1. The number of benzene rings is 2. The number of nitrogens with two attached hydrogens (primary N) is 1. The minimum absolute atomic E-state index is 0.0873. The molecule has 0 amide bonds. The lowest BCUT2D eigenvalue weighted by atomic mass is 10.0. The number of nitrogens with zero attached hydrogens (tertiary/aromatic N) is 1. The van der Waals surface area contributed by atoms with Crippen LogP contribution in [0.15, 0.2) is 39.8 Å². The normalized spacial score (nSPS) is 11.7. The Hall–Kier alpha value is -2.58. The van der Waals surface area contributed by atoms with Crippen LogP contribution in [0.1, 0.15) is 12.6 Å². The van der Waals surface area contributed by atoms with Gasteiger partial charge < -0.3 is 14.0 Å². The van der Waals surface area contributed by atoms with Gasteiger partial charge in [0.05, 0.1) is 19.9 Å². The highest BCUT2D eigenvalue weighted by Gasteiger charge is 2.22. The van der Waals surface area contributed by atoms with Gasteiger partial charge in [-0.3, -0.25) is 0 Å². The first-order valence-corrected chi connectivity index (χ1v) is 9.11. The molecule has 0 bridgehead atoms. The highest BCUT2D eigenvalue weighted by atomic mass is 32.2. The van der Waals surface area contributed by atoms with E-state index in [-0.39, 0.29) is 10.6 Å². The van der Waals surface area contributed by atoms with Gasteiger partial charge >= 0.3 is 0 Å². The Morgan fingerprint density at radius 2 is 1.92 bits per heavy atom. The second-order valence-corrected chi connectivity index (χ2v) is 6.94. The van der Waals surface area contributed by atoms with Crippen LogP contribution in [0.5, 0.6) is 11.5 Å². The summed E-state index contributed by atoms with van der Waals surface area (Å²) in [4.78, 5) is -0.0873. The molecule has 2 aromatic carbocycles. The van der Waals surface area contributed by atoms with Crippen molar-refractivity contribution in [3.63, 3.8) is 0 Å². The summed E-state index contributed by atoms with van der Waals surface area (Å²) in [5.74, 6) is 0.674. The molecule has 7 nitrogen and oxygen atoms in total. The smallest absolute Gasteiger partial charge is 0.241 e. The zero-order valence-electron chi connectivity index (χ0n) is 14.1. The van der Waals surface area contributed by atoms with E-state index in [0.29, 0.717) is 28.9 Å². The van der Waals surface area contributed by atoms with Crippen LogP contribution in [0.4, 0.5) is 0 Å². The fraction of sp³-hybridized carbons (Fsp3) is 0.235. The lowest BCUT2D eigenvalue weighted by Gasteiger charge is -2.15. The summed E-state index contributed by atoms with van der Waals surface area (Å²) in [7, 11) is -1.01. The molecule has 0 aliphatic carbocycles. The third-order valence-corrected chi connectivity index (χ3v) is 4.92. The van der Waals surface area contributed by atoms with Crippen LogP contribution in [-0.4, -0.2) is 27.8 Å². The van der Waals surface area contributed by atoms with Gasteiger partial charge in [-0.05, 0) is 18.6 Å². The van der Waals surface area contributed by atoms with Crippen molar-refractivity contribution in [3.05, 3.63) is 36.0 Å². The van der Waals surface area contributed by atoms with Crippen LogP contribution in [0.3, 0.4) is 0 Å². The van der Waals surface area contributed by atoms with Crippen molar-refractivity contribution in [1.29, 1.82) is 0 Å². The average Bonchev–Trinajstić information content (AvgIpc) is 3.00. The minimum atomic E-state index is -3.94. The van der Waals surface area contributed by atoms with E-state index in [2.05, 4.69) is 5.16 Å². The van der Waals surface area contributed by atoms with Crippen LogP contribution < -0.4 is 14.6 Å². The van der Waals surface area contributed by atoms with Gasteiger partial charge in [-0.25, -0.2) is 13.6 Å². The van der Waals surface area contributed by atoms with Crippen LogP contribution in [0, 0.1) is 0 Å². The molecule has 0 aliphatic rings. The molecular formula is C17H18N2O5S. The standard InChI is InChI=1S/C17H18N2O5S/c1-4-13-12-8-11(14(22-2)9-15(12)24-19-13)10-6-5-7-16(17(10)23-3)25(18,20)21/h5-9H,4H2,1-3H3,(H2,18,20,21). The molecular weight excluding hydrogens is 344 g/mol. The molecule has 0 radical (unpaired) electrons. The van der Waals surface area contributed by atoms with E-state index in [1.807, 2.05) is 13.0 Å². The van der Waals surface area contributed by atoms with Crippen molar-refractivity contribution in [1.82, 2.24) is 5.16 Å². The van der Waals surface area contributed by atoms with Crippen LogP contribution in [0.25, 0.3) is 22.1 Å². The minimum Gasteiger partial charge on any atom is -0.496 e. The second kappa shape index (κ2) is 6.38. The molecule has 0 saturated carbocycles. The Bertz CT molecular complexity index is 1040. The Morgan fingerprint density at radius 1 is 1.16 bits per heavy atom. The van der Waals surface area contributed by atoms with Gasteiger partial charge in [-0.1, -0.05) is 24.2 Å². The number of ether oxygens (including phenoxy) is 2. The first kappa shape index (κ1) is 17.2. The summed E-state index contributed by atoms with van der Waals surface area (Å²) in [5, 5.41) is 10.2. The molecule has 0 aliphatic heterocycles. The lowest BCUT2D eigenvalue weighted by Crippen LogP contribution is -2.13. The van der Waals surface area contributed by atoms with Gasteiger partial charge in [0.1, 0.15) is 16.4 Å². The topological polar surface area (TPSA) is 105 Å². The van der Waals surface area contributed by atoms with E-state index < -0.39 is 10.0 Å². The SMILES string of the molecule is CCc1noc2cc(OC)c(-c3cccc(S(N)(=O)=O)c3OC)cc12. The number of methoxy groups -OCH3 is 2. The number of sulfonamides is 1. The number of aromatic nitrogens is 1. The third-order valence-electron chi connectivity index (χ3n) is 3.98. The largest absolute Gasteiger partial charge is 0.496 e. The number of primary sulfonamides is 1. The zero-order valence-corrected chi connectivity index (χ0v) is 14.9. The fourth-order valence-electron chi connectivity index (χ4n) is 2.81. The van der Waals surface area contributed by atoms with Gasteiger partial charge in [0.25, 0.3) is 0 Å². The van der Waals surface area contributed by atoms with E-state index in [9.17, 15) is 8.42 Å². The first-order chi connectivity index (χ1) is 11.9. The molecule has 3 aromatic rings. The van der Waals surface area contributed by atoms with Crippen molar-refractivity contribution in [2.75, 3.05) is 14.2 Å². The Kier molecular flexibility index (Phi) is 4.40.